The zero-order chi connectivity index (χ0) is 18.6. The van der Waals surface area contributed by atoms with Gasteiger partial charge in [-0.05, 0) is 24.6 Å². The molecule has 2 rings (SSSR count). The van der Waals surface area contributed by atoms with E-state index in [2.05, 4.69) is 5.32 Å². The third kappa shape index (κ3) is 3.77. The zero-order valence-electron chi connectivity index (χ0n) is 13.8. The van der Waals surface area contributed by atoms with Crippen LogP contribution < -0.4 is 5.32 Å². The summed E-state index contributed by atoms with van der Waals surface area (Å²) in [5, 5.41) is 21.3. The van der Waals surface area contributed by atoms with Crippen molar-refractivity contribution in [1.82, 2.24) is 4.90 Å². The first-order valence-corrected chi connectivity index (χ1v) is 7.92. The van der Waals surface area contributed by atoms with Gasteiger partial charge in [0.15, 0.2) is 0 Å². The maximum atomic E-state index is 12.3. The Kier molecular flexibility index (Phi) is 5.38. The van der Waals surface area contributed by atoms with Crippen LogP contribution in [0.2, 0.25) is 0 Å². The van der Waals surface area contributed by atoms with E-state index in [4.69, 9.17) is 4.42 Å². The molecule has 0 spiro atoms. The van der Waals surface area contributed by atoms with Gasteiger partial charge in [-0.15, -0.1) is 11.3 Å². The molecule has 0 saturated heterocycles. The van der Waals surface area contributed by atoms with Gasteiger partial charge >= 0.3 is 0 Å². The Hall–Kier alpha value is -3.36. The number of nitriles is 2. The minimum absolute atomic E-state index is 0.176. The fraction of sp³-hybridized carbons (Fsp3) is 0.176. The van der Waals surface area contributed by atoms with Crippen molar-refractivity contribution in [2.24, 2.45) is 0 Å². The van der Waals surface area contributed by atoms with Crippen molar-refractivity contribution in [3.05, 3.63) is 45.7 Å². The Labute approximate surface area is 148 Å². The number of amides is 2. The summed E-state index contributed by atoms with van der Waals surface area (Å²) < 4.78 is 5.08. The SMILES string of the molecule is Cc1c(C(=O)N(C)C)sc(NC(=O)/C(C#N)=C/c2ccco2)c1C#N. The fourth-order valence-corrected chi connectivity index (χ4v) is 3.15. The fourth-order valence-electron chi connectivity index (χ4n) is 1.98. The van der Waals surface area contributed by atoms with E-state index in [1.807, 2.05) is 6.07 Å². The Bertz CT molecular complexity index is 924. The molecule has 7 nitrogen and oxygen atoms in total. The van der Waals surface area contributed by atoms with E-state index in [0.717, 1.165) is 11.3 Å². The van der Waals surface area contributed by atoms with E-state index in [9.17, 15) is 20.1 Å². The summed E-state index contributed by atoms with van der Waals surface area (Å²) in [6, 6.07) is 7.02. The average Bonchev–Trinajstić information content (AvgIpc) is 3.19. The first-order chi connectivity index (χ1) is 11.9. The van der Waals surface area contributed by atoms with Crippen LogP contribution in [-0.4, -0.2) is 30.8 Å². The van der Waals surface area contributed by atoms with Crippen LogP contribution in [-0.2, 0) is 4.79 Å². The van der Waals surface area contributed by atoms with E-state index in [0.29, 0.717) is 16.2 Å². The highest BCUT2D eigenvalue weighted by atomic mass is 32.1. The molecule has 25 heavy (non-hydrogen) atoms. The third-order valence-electron chi connectivity index (χ3n) is 3.28. The van der Waals surface area contributed by atoms with Gasteiger partial charge in [0, 0.05) is 20.2 Å². The monoisotopic (exact) mass is 354 g/mol. The molecule has 0 saturated carbocycles. The minimum Gasteiger partial charge on any atom is -0.465 e. The number of nitrogens with one attached hydrogen (secondary N) is 1. The Morgan fingerprint density at radius 3 is 2.60 bits per heavy atom. The van der Waals surface area contributed by atoms with Crippen LogP contribution in [0.15, 0.2) is 28.4 Å². The van der Waals surface area contributed by atoms with E-state index < -0.39 is 5.91 Å². The molecular weight excluding hydrogens is 340 g/mol. The highest BCUT2D eigenvalue weighted by Crippen LogP contribution is 2.33. The molecule has 2 amide bonds. The summed E-state index contributed by atoms with van der Waals surface area (Å²) in [5.41, 5.74) is 0.527. The van der Waals surface area contributed by atoms with Gasteiger partial charge in [0.05, 0.1) is 16.7 Å². The number of hydrogen-bond acceptors (Lipinski definition) is 6. The number of carbonyl (C=O) groups excluding carboxylic acids is 2. The molecule has 8 heteroatoms. The number of hydrogen-bond donors (Lipinski definition) is 1. The molecule has 0 aliphatic carbocycles. The van der Waals surface area contributed by atoms with Gasteiger partial charge in [-0.25, -0.2) is 0 Å². The maximum Gasteiger partial charge on any atom is 0.267 e. The summed E-state index contributed by atoms with van der Waals surface area (Å²) >= 11 is 1.01. The predicted molar refractivity (Wildman–Crippen MR) is 92.7 cm³/mol. The second kappa shape index (κ2) is 7.47. The number of furan rings is 1. The van der Waals surface area contributed by atoms with Gasteiger partial charge in [-0.2, -0.15) is 10.5 Å². The van der Waals surface area contributed by atoms with E-state index in [1.165, 1.54) is 17.2 Å². The molecule has 0 radical (unpaired) electrons. The molecule has 0 unspecified atom stereocenters. The molecule has 0 aromatic carbocycles. The minimum atomic E-state index is -0.680. The second-order valence-corrected chi connectivity index (χ2v) is 6.23. The van der Waals surface area contributed by atoms with E-state index in [1.54, 1.807) is 39.2 Å². The van der Waals surface area contributed by atoms with Crippen LogP contribution in [0.1, 0.15) is 26.6 Å². The number of carbonyl (C=O) groups is 2. The van der Waals surface area contributed by atoms with Crippen molar-refractivity contribution < 1.29 is 14.0 Å². The standard InChI is InChI=1S/C17H14N4O3S/c1-10-13(9-19)16(25-14(10)17(23)21(2)3)20-15(22)11(8-18)7-12-5-4-6-24-12/h4-7H,1-3H3,(H,20,22)/b11-7+. The van der Waals surface area contributed by atoms with Gasteiger partial charge in [-0.3, -0.25) is 9.59 Å². The quantitative estimate of drug-likeness (QED) is 0.670. The Morgan fingerprint density at radius 2 is 2.08 bits per heavy atom. The number of thiophene rings is 1. The number of rotatable bonds is 4. The number of anilines is 1. The molecule has 2 aromatic heterocycles. The summed E-state index contributed by atoms with van der Waals surface area (Å²) in [5.74, 6) is -0.579. The molecule has 0 fully saturated rings. The molecule has 1 N–H and O–H groups in total. The topological polar surface area (TPSA) is 110 Å². The lowest BCUT2D eigenvalue weighted by molar-refractivity contribution is -0.112. The smallest absolute Gasteiger partial charge is 0.267 e. The first kappa shape index (κ1) is 18.0. The lowest BCUT2D eigenvalue weighted by Crippen LogP contribution is -2.21. The summed E-state index contributed by atoms with van der Waals surface area (Å²) in [7, 11) is 3.21. The van der Waals surface area contributed by atoms with Crippen molar-refractivity contribution in [3.63, 3.8) is 0 Å². The van der Waals surface area contributed by atoms with Gasteiger partial charge < -0.3 is 14.6 Å². The van der Waals surface area contributed by atoms with Crippen molar-refractivity contribution in [2.45, 2.75) is 6.92 Å². The van der Waals surface area contributed by atoms with Crippen LogP contribution in [0.4, 0.5) is 5.00 Å². The molecule has 2 aromatic rings. The molecule has 0 aliphatic rings. The second-order valence-electron chi connectivity index (χ2n) is 5.21. The predicted octanol–water partition coefficient (Wildman–Crippen LogP) is 2.77. The first-order valence-electron chi connectivity index (χ1n) is 7.10. The summed E-state index contributed by atoms with van der Waals surface area (Å²) in [4.78, 5) is 26.3. The molecular formula is C17H14N4O3S. The van der Waals surface area contributed by atoms with Gasteiger partial charge in [-0.1, -0.05) is 0 Å². The van der Waals surface area contributed by atoms with Crippen LogP contribution in [0.25, 0.3) is 6.08 Å². The normalized spacial score (nSPS) is 10.7. The highest BCUT2D eigenvalue weighted by Gasteiger charge is 2.23. The van der Waals surface area contributed by atoms with Gasteiger partial charge in [0.25, 0.3) is 11.8 Å². The molecule has 126 valence electrons. The Balaban J connectivity index is 2.35. The largest absolute Gasteiger partial charge is 0.465 e. The average molecular weight is 354 g/mol. The molecule has 0 aliphatic heterocycles. The third-order valence-corrected chi connectivity index (χ3v) is 4.48. The van der Waals surface area contributed by atoms with Gasteiger partial charge in [0.2, 0.25) is 0 Å². The number of nitrogens with zero attached hydrogens (tertiary/aromatic N) is 3. The van der Waals surface area contributed by atoms with Crippen LogP contribution in [0.5, 0.6) is 0 Å². The van der Waals surface area contributed by atoms with Crippen molar-refractivity contribution in [2.75, 3.05) is 19.4 Å². The lowest BCUT2D eigenvalue weighted by atomic mass is 10.1. The molecule has 2 heterocycles. The Morgan fingerprint density at radius 1 is 1.36 bits per heavy atom. The van der Waals surface area contributed by atoms with Crippen LogP contribution >= 0.6 is 11.3 Å². The van der Waals surface area contributed by atoms with Crippen molar-refractivity contribution in [3.8, 4) is 12.1 Å². The van der Waals surface area contributed by atoms with Crippen LogP contribution in [0.3, 0.4) is 0 Å². The lowest BCUT2D eigenvalue weighted by Gasteiger charge is -2.08. The maximum absolute atomic E-state index is 12.3. The van der Waals surface area contributed by atoms with Gasteiger partial charge in [0.1, 0.15) is 28.5 Å². The van der Waals surface area contributed by atoms with E-state index in [-0.39, 0.29) is 22.0 Å². The highest BCUT2D eigenvalue weighted by molar-refractivity contribution is 7.18. The van der Waals surface area contributed by atoms with Crippen LogP contribution in [0, 0.1) is 29.6 Å². The molecule has 0 bridgehead atoms. The summed E-state index contributed by atoms with van der Waals surface area (Å²) in [6.45, 7) is 1.64. The van der Waals surface area contributed by atoms with Crippen molar-refractivity contribution >= 4 is 34.2 Å². The summed E-state index contributed by atoms with van der Waals surface area (Å²) in [6.07, 6.45) is 2.72. The van der Waals surface area contributed by atoms with E-state index >= 15 is 0 Å². The van der Waals surface area contributed by atoms with Crippen molar-refractivity contribution in [1.29, 1.82) is 10.5 Å². The zero-order valence-corrected chi connectivity index (χ0v) is 14.6. The molecule has 0 atom stereocenters.